The predicted molar refractivity (Wildman–Crippen MR) is 129 cm³/mol. The van der Waals surface area contributed by atoms with Gasteiger partial charge in [-0.1, -0.05) is 0 Å². The molecule has 2 aromatic carbocycles. The number of ether oxygens (including phenoxy) is 7. The number of hydrogen-bond donors (Lipinski definition) is 2. The minimum atomic E-state index is -0.707. The van der Waals surface area contributed by atoms with Crippen LogP contribution in [0, 0.1) is 11.3 Å². The molecule has 11 nitrogen and oxygen atoms in total. The Morgan fingerprint density at radius 3 is 1.94 bits per heavy atom. The molecule has 1 aromatic heterocycles. The van der Waals surface area contributed by atoms with Crippen molar-refractivity contribution in [1.29, 1.82) is 5.26 Å². The highest BCUT2D eigenvalue weighted by molar-refractivity contribution is 5.76. The lowest BCUT2D eigenvalue weighted by atomic mass is 9.82. The van der Waals surface area contributed by atoms with Crippen molar-refractivity contribution in [3.8, 4) is 57.7 Å². The number of allylic oxidation sites excluding steroid dienone is 1. The highest BCUT2D eigenvalue weighted by Crippen LogP contribution is 2.51. The fraction of sp³-hybridized carbons (Fsp3) is 0.280. The van der Waals surface area contributed by atoms with Crippen molar-refractivity contribution in [3.63, 3.8) is 0 Å². The lowest BCUT2D eigenvalue weighted by molar-refractivity contribution is 0.324. The van der Waals surface area contributed by atoms with Gasteiger partial charge in [-0.2, -0.15) is 5.26 Å². The van der Waals surface area contributed by atoms with E-state index >= 15 is 0 Å². The first-order valence-corrected chi connectivity index (χ1v) is 10.7. The molecule has 1 aliphatic rings. The first-order valence-electron chi connectivity index (χ1n) is 10.7. The molecule has 0 saturated carbocycles. The molecule has 0 radical (unpaired) electrons. The molecule has 3 aromatic rings. The fourth-order valence-electron chi connectivity index (χ4n) is 4.28. The number of H-pyrrole nitrogens is 1. The molecule has 4 rings (SSSR count). The summed E-state index contributed by atoms with van der Waals surface area (Å²) in [5.74, 6) is 2.17. The molecule has 11 heteroatoms. The highest BCUT2D eigenvalue weighted by atomic mass is 16.5. The Hall–Kier alpha value is -4.72. The molecule has 1 aliphatic heterocycles. The molecule has 0 fully saturated rings. The quantitative estimate of drug-likeness (QED) is 0.478. The van der Waals surface area contributed by atoms with Gasteiger partial charge in [0.2, 0.25) is 17.5 Å². The fourth-order valence-corrected chi connectivity index (χ4v) is 4.28. The Balaban J connectivity index is 2.02. The molecule has 3 N–H and O–H groups in total. The lowest BCUT2D eigenvalue weighted by Gasteiger charge is -2.26. The molecular formula is C25H26N4O7. The zero-order chi connectivity index (χ0) is 26.0. The number of nitrogens with zero attached hydrogens (tertiary/aromatic N) is 2. The van der Waals surface area contributed by atoms with Crippen LogP contribution in [0.5, 0.6) is 40.4 Å². The summed E-state index contributed by atoms with van der Waals surface area (Å²) in [5, 5.41) is 17.4. The van der Waals surface area contributed by atoms with Crippen LogP contribution in [0.25, 0.3) is 11.3 Å². The molecule has 188 valence electrons. The summed E-state index contributed by atoms with van der Waals surface area (Å²) >= 11 is 0. The summed E-state index contributed by atoms with van der Waals surface area (Å²) in [7, 11) is 9.17. The van der Waals surface area contributed by atoms with Crippen LogP contribution < -0.4 is 38.9 Å². The topological polar surface area (TPSA) is 143 Å². The number of hydrogen-bond acceptors (Lipinski definition) is 10. The van der Waals surface area contributed by atoms with Crippen molar-refractivity contribution in [2.45, 2.75) is 5.92 Å². The van der Waals surface area contributed by atoms with Gasteiger partial charge < -0.3 is 38.9 Å². The van der Waals surface area contributed by atoms with Crippen molar-refractivity contribution >= 4 is 0 Å². The zero-order valence-electron chi connectivity index (χ0n) is 20.7. The van der Waals surface area contributed by atoms with Crippen LogP contribution in [0.15, 0.2) is 35.7 Å². The van der Waals surface area contributed by atoms with Gasteiger partial charge in [-0.15, -0.1) is 5.10 Å². The molecule has 36 heavy (non-hydrogen) atoms. The monoisotopic (exact) mass is 494 g/mol. The van der Waals surface area contributed by atoms with E-state index in [1.165, 1.54) is 42.7 Å². The van der Waals surface area contributed by atoms with Crippen molar-refractivity contribution < 1.29 is 33.2 Å². The van der Waals surface area contributed by atoms with Crippen LogP contribution in [0.3, 0.4) is 0 Å². The normalized spacial score (nSPS) is 14.3. The van der Waals surface area contributed by atoms with Gasteiger partial charge in [-0.25, -0.2) is 0 Å². The van der Waals surface area contributed by atoms with E-state index in [2.05, 4.69) is 16.3 Å². The van der Waals surface area contributed by atoms with Gasteiger partial charge in [0.15, 0.2) is 23.0 Å². The lowest BCUT2D eigenvalue weighted by Crippen LogP contribution is -2.21. The van der Waals surface area contributed by atoms with Crippen molar-refractivity contribution in [2.75, 3.05) is 42.7 Å². The maximum absolute atomic E-state index is 10.1. The van der Waals surface area contributed by atoms with Gasteiger partial charge in [-0.3, -0.25) is 5.10 Å². The molecule has 0 aliphatic carbocycles. The van der Waals surface area contributed by atoms with Crippen LogP contribution in [0.4, 0.5) is 0 Å². The molecule has 1 atom stereocenters. The van der Waals surface area contributed by atoms with Crippen LogP contribution in [0.2, 0.25) is 0 Å². The van der Waals surface area contributed by atoms with Gasteiger partial charge in [0.1, 0.15) is 17.4 Å². The Morgan fingerprint density at radius 1 is 0.833 bits per heavy atom. The Kier molecular flexibility index (Phi) is 6.69. The number of benzene rings is 2. The predicted octanol–water partition coefficient (Wildman–Crippen LogP) is 3.35. The average Bonchev–Trinajstić information content (AvgIpc) is 3.33. The first kappa shape index (κ1) is 24.4. The number of rotatable bonds is 8. The zero-order valence-corrected chi connectivity index (χ0v) is 20.7. The Labute approximate surface area is 207 Å². The van der Waals surface area contributed by atoms with Gasteiger partial charge in [0, 0.05) is 17.2 Å². The maximum atomic E-state index is 10.1. The van der Waals surface area contributed by atoms with Crippen molar-refractivity contribution in [2.24, 2.45) is 5.73 Å². The van der Waals surface area contributed by atoms with Gasteiger partial charge in [-0.05, 0) is 18.2 Å². The number of fused-ring (bicyclic) bond motifs is 1. The largest absolute Gasteiger partial charge is 0.496 e. The second kappa shape index (κ2) is 9.87. The van der Waals surface area contributed by atoms with Crippen LogP contribution >= 0.6 is 0 Å². The van der Waals surface area contributed by atoms with E-state index in [9.17, 15) is 5.26 Å². The smallest absolute Gasteiger partial charge is 0.244 e. The van der Waals surface area contributed by atoms with Crippen molar-refractivity contribution in [1.82, 2.24) is 10.2 Å². The molecule has 0 unspecified atom stereocenters. The second-order valence-corrected chi connectivity index (χ2v) is 7.61. The molecule has 0 saturated heterocycles. The summed E-state index contributed by atoms with van der Waals surface area (Å²) in [6.07, 6.45) is 0. The van der Waals surface area contributed by atoms with E-state index in [1.807, 2.05) is 0 Å². The molecule has 2 heterocycles. The number of aromatic amines is 1. The number of aromatic nitrogens is 2. The third-order valence-electron chi connectivity index (χ3n) is 5.94. The number of nitrogens with two attached hydrogens (primary N) is 1. The highest BCUT2D eigenvalue weighted by Gasteiger charge is 2.38. The van der Waals surface area contributed by atoms with E-state index in [4.69, 9.17) is 38.9 Å². The van der Waals surface area contributed by atoms with E-state index in [1.54, 1.807) is 24.3 Å². The van der Waals surface area contributed by atoms with Crippen LogP contribution in [0.1, 0.15) is 17.0 Å². The summed E-state index contributed by atoms with van der Waals surface area (Å²) in [6, 6.07) is 9.15. The average molecular weight is 495 g/mol. The van der Waals surface area contributed by atoms with Gasteiger partial charge in [0.05, 0.1) is 59.8 Å². The number of methoxy groups -OCH3 is 6. The van der Waals surface area contributed by atoms with Crippen LogP contribution in [-0.4, -0.2) is 52.9 Å². The Morgan fingerprint density at radius 2 is 1.42 bits per heavy atom. The molecular weight excluding hydrogens is 468 g/mol. The second-order valence-electron chi connectivity index (χ2n) is 7.61. The Bertz CT molecular complexity index is 1350. The molecule has 0 spiro atoms. The van der Waals surface area contributed by atoms with E-state index in [0.717, 1.165) is 0 Å². The SMILES string of the molecule is COc1cc(OC)c([C@H]2C(C#N)=C(N)Oc3n[nH]c(-c4cc(OC)c(OC)c(OC)c4)c32)cc1OC. The van der Waals surface area contributed by atoms with E-state index in [-0.39, 0.29) is 17.3 Å². The maximum Gasteiger partial charge on any atom is 0.244 e. The number of nitrogens with one attached hydrogen (secondary N) is 1. The third-order valence-corrected chi connectivity index (χ3v) is 5.94. The first-order chi connectivity index (χ1) is 17.5. The standard InChI is InChI=1S/C25H26N4O7/c1-30-15-10-17(32-3)16(31-2)9-13(15)20-14(11-26)24(27)36-25-21(20)22(28-29-25)12-7-18(33-4)23(35-6)19(8-12)34-5/h7-10,20H,27H2,1-6H3,(H,28,29)/t20-/m0/s1. The van der Waals surface area contributed by atoms with E-state index < -0.39 is 5.92 Å². The summed E-state index contributed by atoms with van der Waals surface area (Å²) in [6.45, 7) is 0. The minimum absolute atomic E-state index is 0.0604. The molecule has 0 bridgehead atoms. The summed E-state index contributed by atoms with van der Waals surface area (Å²) in [5.41, 5.74) is 8.73. The minimum Gasteiger partial charge on any atom is -0.496 e. The van der Waals surface area contributed by atoms with E-state index in [0.29, 0.717) is 56.9 Å². The number of nitriles is 1. The summed E-state index contributed by atoms with van der Waals surface area (Å²) in [4.78, 5) is 0. The van der Waals surface area contributed by atoms with Gasteiger partial charge in [0.25, 0.3) is 0 Å². The van der Waals surface area contributed by atoms with Gasteiger partial charge >= 0.3 is 0 Å². The summed E-state index contributed by atoms with van der Waals surface area (Å²) < 4.78 is 38.8. The molecule has 0 amide bonds. The van der Waals surface area contributed by atoms with Crippen LogP contribution in [-0.2, 0) is 0 Å². The third kappa shape index (κ3) is 3.82. The van der Waals surface area contributed by atoms with Crippen molar-refractivity contribution in [3.05, 3.63) is 46.8 Å².